The zero-order chi connectivity index (χ0) is 14.1. The van der Waals surface area contributed by atoms with Gasteiger partial charge in [0.2, 0.25) is 0 Å². The first-order valence-corrected chi connectivity index (χ1v) is 7.81. The Balaban J connectivity index is 2.39. The lowest BCUT2D eigenvalue weighted by Gasteiger charge is -2.11. The second-order valence-electron chi connectivity index (χ2n) is 4.81. The first kappa shape index (κ1) is 16.5. The molecule has 0 aliphatic heterocycles. The van der Waals surface area contributed by atoms with Gasteiger partial charge in [0.15, 0.2) is 0 Å². The van der Waals surface area contributed by atoms with Gasteiger partial charge >= 0.3 is 0 Å². The first-order valence-electron chi connectivity index (χ1n) is 6.82. The van der Waals surface area contributed by atoms with Crippen LogP contribution in [0.1, 0.15) is 26.3 Å². The van der Waals surface area contributed by atoms with E-state index in [0.29, 0.717) is 25.0 Å². The van der Waals surface area contributed by atoms with Gasteiger partial charge in [0.1, 0.15) is 0 Å². The molecule has 0 aliphatic rings. The molecule has 0 spiro atoms. The molecule has 2 N–H and O–H groups in total. The molecule has 0 fully saturated rings. The lowest BCUT2D eigenvalue weighted by molar-refractivity contribution is 0.0551. The van der Waals surface area contributed by atoms with E-state index >= 15 is 0 Å². The molecule has 4 heteroatoms. The van der Waals surface area contributed by atoms with E-state index in [2.05, 4.69) is 43.4 Å². The molecule has 0 saturated heterocycles. The highest BCUT2D eigenvalue weighted by atomic mass is 32.2. The van der Waals surface area contributed by atoms with E-state index in [1.807, 2.05) is 6.92 Å². The molecular formula is C15H25NO2S. The summed E-state index contributed by atoms with van der Waals surface area (Å²) < 4.78 is 5.20. The maximum atomic E-state index is 9.73. The third-order valence-corrected chi connectivity index (χ3v) is 3.71. The van der Waals surface area contributed by atoms with Gasteiger partial charge in [-0.25, -0.2) is 0 Å². The van der Waals surface area contributed by atoms with Crippen LogP contribution in [0, 0.1) is 0 Å². The molecule has 108 valence electrons. The van der Waals surface area contributed by atoms with Crippen molar-refractivity contribution >= 4 is 11.8 Å². The molecule has 0 radical (unpaired) electrons. The van der Waals surface area contributed by atoms with Crippen molar-refractivity contribution in [1.82, 2.24) is 5.32 Å². The number of benzene rings is 1. The number of hydrogen-bond acceptors (Lipinski definition) is 4. The monoisotopic (exact) mass is 283 g/mol. The number of aliphatic hydroxyl groups excluding tert-OH is 1. The molecule has 0 aliphatic carbocycles. The molecule has 1 rings (SSSR count). The zero-order valence-corrected chi connectivity index (χ0v) is 12.9. The van der Waals surface area contributed by atoms with Crippen LogP contribution in [0.2, 0.25) is 0 Å². The minimum absolute atomic E-state index is 0.401. The Bertz CT molecular complexity index is 358. The van der Waals surface area contributed by atoms with Crippen LogP contribution in [-0.2, 0) is 11.3 Å². The van der Waals surface area contributed by atoms with E-state index in [1.54, 1.807) is 11.8 Å². The number of hydrogen-bond donors (Lipinski definition) is 2. The lowest BCUT2D eigenvalue weighted by Crippen LogP contribution is -2.21. The van der Waals surface area contributed by atoms with Gasteiger partial charge in [0, 0.05) is 29.8 Å². The summed E-state index contributed by atoms with van der Waals surface area (Å²) in [5, 5.41) is 13.1. The van der Waals surface area contributed by atoms with Gasteiger partial charge in [0.25, 0.3) is 0 Å². The summed E-state index contributed by atoms with van der Waals surface area (Å²) in [5.74, 6) is 0.668. The zero-order valence-electron chi connectivity index (χ0n) is 12.1. The van der Waals surface area contributed by atoms with Crippen LogP contribution < -0.4 is 5.32 Å². The van der Waals surface area contributed by atoms with Crippen LogP contribution >= 0.6 is 11.8 Å². The van der Waals surface area contributed by atoms with E-state index in [9.17, 15) is 5.11 Å². The standard InChI is InChI=1S/C15H25NO2S/c1-4-18-10-14(17)11-19-15-7-5-6-13(8-15)9-16-12(2)3/h5-8,12,14,16-17H,4,9-11H2,1-3H3. The summed E-state index contributed by atoms with van der Waals surface area (Å²) in [6, 6.07) is 8.93. The van der Waals surface area contributed by atoms with Crippen LogP contribution in [0.25, 0.3) is 0 Å². The summed E-state index contributed by atoms with van der Waals surface area (Å²) in [7, 11) is 0. The summed E-state index contributed by atoms with van der Waals surface area (Å²) in [6.45, 7) is 8.17. The summed E-state index contributed by atoms with van der Waals surface area (Å²) in [4.78, 5) is 1.19. The van der Waals surface area contributed by atoms with Crippen LogP contribution in [0.4, 0.5) is 0 Å². The average Bonchev–Trinajstić information content (AvgIpc) is 2.41. The Labute approximate surface area is 120 Å². The highest BCUT2D eigenvalue weighted by Gasteiger charge is 2.05. The molecule has 0 saturated carbocycles. The van der Waals surface area contributed by atoms with Gasteiger partial charge in [-0.1, -0.05) is 26.0 Å². The fourth-order valence-corrected chi connectivity index (χ4v) is 2.45. The average molecular weight is 283 g/mol. The van der Waals surface area contributed by atoms with E-state index in [4.69, 9.17) is 4.74 Å². The van der Waals surface area contributed by atoms with E-state index in [-0.39, 0.29) is 0 Å². The Morgan fingerprint density at radius 2 is 2.16 bits per heavy atom. The molecule has 1 aromatic carbocycles. The molecular weight excluding hydrogens is 258 g/mol. The SMILES string of the molecule is CCOCC(O)CSc1cccc(CNC(C)C)c1. The van der Waals surface area contributed by atoms with Gasteiger partial charge in [-0.05, 0) is 24.6 Å². The summed E-state index contributed by atoms with van der Waals surface area (Å²) in [5.41, 5.74) is 1.28. The molecule has 0 heterocycles. The molecule has 1 aromatic rings. The van der Waals surface area contributed by atoms with Crippen molar-refractivity contribution in [3.05, 3.63) is 29.8 Å². The van der Waals surface area contributed by atoms with Crippen LogP contribution in [0.15, 0.2) is 29.2 Å². The Morgan fingerprint density at radius 3 is 2.84 bits per heavy atom. The third kappa shape index (κ3) is 7.57. The minimum Gasteiger partial charge on any atom is -0.390 e. The van der Waals surface area contributed by atoms with E-state index < -0.39 is 6.10 Å². The number of nitrogens with one attached hydrogen (secondary N) is 1. The molecule has 1 atom stereocenters. The Kier molecular flexibility index (Phi) is 8.14. The Morgan fingerprint density at radius 1 is 1.37 bits per heavy atom. The minimum atomic E-state index is -0.401. The smallest absolute Gasteiger partial charge is 0.0867 e. The first-order chi connectivity index (χ1) is 9.11. The maximum absolute atomic E-state index is 9.73. The molecule has 1 unspecified atom stereocenters. The largest absolute Gasteiger partial charge is 0.390 e. The normalized spacial score (nSPS) is 12.9. The molecule has 19 heavy (non-hydrogen) atoms. The van der Waals surface area contributed by atoms with Crippen molar-refractivity contribution in [3.63, 3.8) is 0 Å². The molecule has 0 aromatic heterocycles. The molecule has 0 amide bonds. The van der Waals surface area contributed by atoms with Crippen molar-refractivity contribution in [2.75, 3.05) is 19.0 Å². The summed E-state index contributed by atoms with van der Waals surface area (Å²) in [6.07, 6.45) is -0.401. The topological polar surface area (TPSA) is 41.5 Å². The highest BCUT2D eigenvalue weighted by molar-refractivity contribution is 7.99. The van der Waals surface area contributed by atoms with Gasteiger partial charge in [0.05, 0.1) is 12.7 Å². The van der Waals surface area contributed by atoms with Crippen molar-refractivity contribution in [1.29, 1.82) is 0 Å². The number of rotatable bonds is 9. The van der Waals surface area contributed by atoms with Gasteiger partial charge < -0.3 is 15.2 Å². The second-order valence-corrected chi connectivity index (χ2v) is 5.90. The van der Waals surface area contributed by atoms with E-state index in [1.165, 1.54) is 10.5 Å². The van der Waals surface area contributed by atoms with Crippen molar-refractivity contribution < 1.29 is 9.84 Å². The second kappa shape index (κ2) is 9.37. The number of thioether (sulfide) groups is 1. The lowest BCUT2D eigenvalue weighted by atomic mass is 10.2. The van der Waals surface area contributed by atoms with Crippen LogP contribution in [0.5, 0.6) is 0 Å². The van der Waals surface area contributed by atoms with Crippen LogP contribution in [-0.4, -0.2) is 36.2 Å². The predicted molar refractivity (Wildman–Crippen MR) is 81.6 cm³/mol. The van der Waals surface area contributed by atoms with Crippen molar-refractivity contribution in [3.8, 4) is 0 Å². The molecule has 0 bridgehead atoms. The Hall–Kier alpha value is -0.550. The summed E-state index contributed by atoms with van der Waals surface area (Å²) >= 11 is 1.67. The fourth-order valence-electron chi connectivity index (χ4n) is 1.56. The highest BCUT2D eigenvalue weighted by Crippen LogP contribution is 2.20. The number of ether oxygens (including phenoxy) is 1. The number of aliphatic hydroxyl groups is 1. The quantitative estimate of drug-likeness (QED) is 0.684. The predicted octanol–water partition coefficient (Wildman–Crippen LogP) is 2.67. The van der Waals surface area contributed by atoms with Crippen molar-refractivity contribution in [2.45, 2.75) is 44.4 Å². The molecule has 3 nitrogen and oxygen atoms in total. The van der Waals surface area contributed by atoms with Gasteiger partial charge in [-0.3, -0.25) is 0 Å². The van der Waals surface area contributed by atoms with Crippen molar-refractivity contribution in [2.24, 2.45) is 0 Å². The fraction of sp³-hybridized carbons (Fsp3) is 0.600. The maximum Gasteiger partial charge on any atom is 0.0867 e. The van der Waals surface area contributed by atoms with E-state index in [0.717, 1.165) is 6.54 Å². The van der Waals surface area contributed by atoms with Gasteiger partial charge in [-0.15, -0.1) is 11.8 Å². The third-order valence-electron chi connectivity index (χ3n) is 2.57. The van der Waals surface area contributed by atoms with Crippen LogP contribution in [0.3, 0.4) is 0 Å². The van der Waals surface area contributed by atoms with Gasteiger partial charge in [-0.2, -0.15) is 0 Å².